The lowest BCUT2D eigenvalue weighted by Crippen LogP contribution is -2.58. The van der Waals surface area contributed by atoms with E-state index in [0.29, 0.717) is 18.9 Å². The van der Waals surface area contributed by atoms with Gasteiger partial charge in [0.2, 0.25) is 0 Å². The van der Waals surface area contributed by atoms with Crippen molar-refractivity contribution in [2.75, 3.05) is 19.8 Å². The Morgan fingerprint density at radius 1 is 1.24 bits per heavy atom. The third kappa shape index (κ3) is 3.67. The predicted octanol–water partition coefficient (Wildman–Crippen LogP) is 2.31. The van der Waals surface area contributed by atoms with E-state index in [4.69, 9.17) is 9.47 Å². The van der Waals surface area contributed by atoms with Crippen LogP contribution in [0.2, 0.25) is 0 Å². The van der Waals surface area contributed by atoms with Crippen LogP contribution in [0, 0.1) is 5.92 Å². The highest BCUT2D eigenvalue weighted by atomic mass is 16.5. The van der Waals surface area contributed by atoms with Crippen molar-refractivity contribution in [1.29, 1.82) is 0 Å². The minimum atomic E-state index is -0.979. The number of hydrogen-bond acceptors (Lipinski definition) is 4. The second kappa shape index (κ2) is 6.80. The molecule has 2 N–H and O–H groups in total. The third-order valence-electron chi connectivity index (χ3n) is 3.75. The molecule has 1 aromatic rings. The number of rotatable bonds is 9. The molecule has 0 aliphatic heterocycles. The molecule has 0 saturated heterocycles. The maximum absolute atomic E-state index is 11.7. The fourth-order valence-corrected chi connectivity index (χ4v) is 2.51. The van der Waals surface area contributed by atoms with Crippen molar-refractivity contribution in [1.82, 2.24) is 5.32 Å². The lowest BCUT2D eigenvalue weighted by molar-refractivity contribution is -0.147. The summed E-state index contributed by atoms with van der Waals surface area (Å²) in [6, 6.07) is 7.25. The SMILES string of the molecule is CCNC(COc1ccc(OCC)cc1)(C(=O)O)C1CC1. The molecule has 1 aromatic carbocycles. The van der Waals surface area contributed by atoms with Crippen LogP contribution in [0.25, 0.3) is 0 Å². The Kier molecular flexibility index (Phi) is 5.07. The lowest BCUT2D eigenvalue weighted by atomic mass is 9.94. The van der Waals surface area contributed by atoms with E-state index < -0.39 is 11.5 Å². The summed E-state index contributed by atoms with van der Waals surface area (Å²) in [4.78, 5) is 11.7. The van der Waals surface area contributed by atoms with Crippen LogP contribution in [0.1, 0.15) is 26.7 Å². The Hall–Kier alpha value is -1.75. The van der Waals surface area contributed by atoms with E-state index in [2.05, 4.69) is 5.32 Å². The molecule has 116 valence electrons. The van der Waals surface area contributed by atoms with Crippen molar-refractivity contribution in [3.05, 3.63) is 24.3 Å². The minimum absolute atomic E-state index is 0.134. The van der Waals surface area contributed by atoms with Gasteiger partial charge < -0.3 is 14.6 Å². The monoisotopic (exact) mass is 293 g/mol. The van der Waals surface area contributed by atoms with Crippen LogP contribution >= 0.6 is 0 Å². The summed E-state index contributed by atoms with van der Waals surface area (Å²) in [6.45, 7) is 5.20. The first kappa shape index (κ1) is 15.6. The van der Waals surface area contributed by atoms with Crippen molar-refractivity contribution in [3.63, 3.8) is 0 Å². The van der Waals surface area contributed by atoms with Crippen LogP contribution < -0.4 is 14.8 Å². The second-order valence-corrected chi connectivity index (χ2v) is 5.27. The van der Waals surface area contributed by atoms with Gasteiger partial charge in [-0.1, -0.05) is 6.92 Å². The Bertz CT molecular complexity index is 470. The van der Waals surface area contributed by atoms with E-state index >= 15 is 0 Å². The quantitative estimate of drug-likeness (QED) is 0.731. The highest BCUT2D eigenvalue weighted by Gasteiger charge is 2.51. The Morgan fingerprint density at radius 2 is 1.81 bits per heavy atom. The summed E-state index contributed by atoms with van der Waals surface area (Å²) in [7, 11) is 0. The number of carboxylic acid groups (broad SMARTS) is 1. The zero-order chi connectivity index (χ0) is 15.3. The zero-order valence-electron chi connectivity index (χ0n) is 12.6. The van der Waals surface area contributed by atoms with E-state index in [1.165, 1.54) is 0 Å². The van der Waals surface area contributed by atoms with Gasteiger partial charge in [0.25, 0.3) is 0 Å². The van der Waals surface area contributed by atoms with Crippen molar-refractivity contribution < 1.29 is 19.4 Å². The van der Waals surface area contributed by atoms with Gasteiger partial charge in [-0.2, -0.15) is 0 Å². The van der Waals surface area contributed by atoms with E-state index in [-0.39, 0.29) is 12.5 Å². The van der Waals surface area contributed by atoms with Gasteiger partial charge in [0.15, 0.2) is 5.54 Å². The fraction of sp³-hybridized carbons (Fsp3) is 0.562. The van der Waals surface area contributed by atoms with Crippen molar-refractivity contribution in [3.8, 4) is 11.5 Å². The molecule has 1 aliphatic carbocycles. The molecule has 5 nitrogen and oxygen atoms in total. The van der Waals surface area contributed by atoms with Gasteiger partial charge in [-0.15, -0.1) is 0 Å². The van der Waals surface area contributed by atoms with Crippen LogP contribution in [-0.4, -0.2) is 36.4 Å². The van der Waals surface area contributed by atoms with Gasteiger partial charge in [-0.25, -0.2) is 0 Å². The number of ether oxygens (including phenoxy) is 2. The topological polar surface area (TPSA) is 67.8 Å². The van der Waals surface area contributed by atoms with Gasteiger partial charge in [0, 0.05) is 0 Å². The average molecular weight is 293 g/mol. The molecule has 0 spiro atoms. The molecule has 0 heterocycles. The molecule has 1 aliphatic rings. The number of benzene rings is 1. The van der Waals surface area contributed by atoms with Crippen LogP contribution in [0.15, 0.2) is 24.3 Å². The van der Waals surface area contributed by atoms with E-state index in [9.17, 15) is 9.90 Å². The van der Waals surface area contributed by atoms with Crippen LogP contribution in [0.5, 0.6) is 11.5 Å². The maximum atomic E-state index is 11.7. The molecule has 0 amide bonds. The summed E-state index contributed by atoms with van der Waals surface area (Å²) in [6.07, 6.45) is 1.87. The van der Waals surface area contributed by atoms with Crippen LogP contribution in [0.4, 0.5) is 0 Å². The van der Waals surface area contributed by atoms with Crippen LogP contribution in [0.3, 0.4) is 0 Å². The number of aliphatic carboxylic acids is 1. The largest absolute Gasteiger partial charge is 0.494 e. The number of hydrogen-bond donors (Lipinski definition) is 2. The molecule has 0 bridgehead atoms. The van der Waals surface area contributed by atoms with E-state index in [1.54, 1.807) is 12.1 Å². The predicted molar refractivity (Wildman–Crippen MR) is 79.9 cm³/mol. The molecule has 0 radical (unpaired) electrons. The van der Waals surface area contributed by atoms with Gasteiger partial charge in [0.05, 0.1) is 6.61 Å². The third-order valence-corrected chi connectivity index (χ3v) is 3.75. The summed E-state index contributed by atoms with van der Waals surface area (Å²) < 4.78 is 11.1. The molecule has 0 aromatic heterocycles. The molecule has 1 unspecified atom stereocenters. The van der Waals surface area contributed by atoms with E-state index in [1.807, 2.05) is 26.0 Å². The number of carboxylic acids is 1. The molecule has 1 saturated carbocycles. The molecular weight excluding hydrogens is 270 g/mol. The first-order chi connectivity index (χ1) is 10.1. The number of carbonyl (C=O) groups is 1. The van der Waals surface area contributed by atoms with Gasteiger partial charge in [-0.3, -0.25) is 10.1 Å². The summed E-state index contributed by atoms with van der Waals surface area (Å²) in [5, 5.41) is 12.7. The highest BCUT2D eigenvalue weighted by molar-refractivity contribution is 5.80. The number of nitrogens with one attached hydrogen (secondary N) is 1. The summed E-state index contributed by atoms with van der Waals surface area (Å²) >= 11 is 0. The molecule has 1 atom stereocenters. The van der Waals surface area contributed by atoms with Crippen molar-refractivity contribution >= 4 is 5.97 Å². The normalized spacial score (nSPS) is 17.0. The zero-order valence-corrected chi connectivity index (χ0v) is 12.6. The Morgan fingerprint density at radius 3 is 2.24 bits per heavy atom. The number of likely N-dealkylation sites (N-methyl/N-ethyl adjacent to an activating group) is 1. The summed E-state index contributed by atoms with van der Waals surface area (Å²) in [5.74, 6) is 0.751. The van der Waals surface area contributed by atoms with Gasteiger partial charge in [0.1, 0.15) is 18.1 Å². The lowest BCUT2D eigenvalue weighted by Gasteiger charge is -2.30. The smallest absolute Gasteiger partial charge is 0.327 e. The highest BCUT2D eigenvalue weighted by Crippen LogP contribution is 2.40. The van der Waals surface area contributed by atoms with E-state index in [0.717, 1.165) is 18.6 Å². The molecule has 1 fully saturated rings. The minimum Gasteiger partial charge on any atom is -0.494 e. The first-order valence-corrected chi connectivity index (χ1v) is 7.46. The van der Waals surface area contributed by atoms with Crippen molar-refractivity contribution in [2.24, 2.45) is 5.92 Å². The molecule has 21 heavy (non-hydrogen) atoms. The molecular formula is C16H23NO4. The maximum Gasteiger partial charge on any atom is 0.327 e. The van der Waals surface area contributed by atoms with Gasteiger partial charge in [-0.05, 0) is 56.5 Å². The molecule has 2 rings (SSSR count). The standard InChI is InChI=1S/C16H23NO4/c1-3-17-16(15(18)19,12-5-6-12)11-21-14-9-7-13(8-10-14)20-4-2/h7-10,12,17H,3-6,11H2,1-2H3,(H,18,19). The summed E-state index contributed by atoms with van der Waals surface area (Å²) in [5.41, 5.74) is -0.979. The Labute approximate surface area is 125 Å². The van der Waals surface area contributed by atoms with Gasteiger partial charge >= 0.3 is 5.97 Å². The van der Waals surface area contributed by atoms with Crippen LogP contribution in [-0.2, 0) is 4.79 Å². The average Bonchev–Trinajstić information content (AvgIpc) is 3.30. The fourth-order valence-electron chi connectivity index (χ4n) is 2.51. The second-order valence-electron chi connectivity index (χ2n) is 5.27. The first-order valence-electron chi connectivity index (χ1n) is 7.46. The molecule has 5 heteroatoms. The Balaban J connectivity index is 2.02. The van der Waals surface area contributed by atoms with Crippen molar-refractivity contribution in [2.45, 2.75) is 32.2 Å².